The molecule has 0 aliphatic carbocycles. The van der Waals surface area contributed by atoms with Crippen LogP contribution in [0.1, 0.15) is 25.5 Å². The van der Waals surface area contributed by atoms with Crippen LogP contribution in [0.2, 0.25) is 0 Å². The molecule has 0 aliphatic heterocycles. The first-order valence-electron chi connectivity index (χ1n) is 3.50. The van der Waals surface area contributed by atoms with Crippen LogP contribution >= 0.6 is 0 Å². The Labute approximate surface area is 68.0 Å². The molecule has 0 atom stereocenters. The van der Waals surface area contributed by atoms with Gasteiger partial charge in [-0.25, -0.2) is 9.89 Å². The standard InChI is InChI=1S/C6H10N4O2/c1-3(2)4-5(11)10(7)6(12)9-8-4/h3H,7H2,1-2H3,(H,9,12). The normalized spacial score (nSPS) is 10.6. The highest BCUT2D eigenvalue weighted by Crippen LogP contribution is 2.01. The number of rotatable bonds is 1. The van der Waals surface area contributed by atoms with Crippen molar-refractivity contribution in [3.05, 3.63) is 26.5 Å². The number of nitrogens with one attached hydrogen (secondary N) is 1. The molecule has 66 valence electrons. The molecular formula is C6H10N4O2. The summed E-state index contributed by atoms with van der Waals surface area (Å²) in [6.45, 7) is 3.59. The molecule has 0 spiro atoms. The van der Waals surface area contributed by atoms with Gasteiger partial charge in [-0.1, -0.05) is 13.8 Å². The van der Waals surface area contributed by atoms with E-state index in [2.05, 4.69) is 10.2 Å². The van der Waals surface area contributed by atoms with Crippen LogP contribution in [-0.2, 0) is 0 Å². The van der Waals surface area contributed by atoms with Crippen LogP contribution in [0.3, 0.4) is 0 Å². The molecule has 1 aromatic heterocycles. The number of aromatic nitrogens is 3. The van der Waals surface area contributed by atoms with Crippen molar-refractivity contribution >= 4 is 0 Å². The highest BCUT2D eigenvalue weighted by molar-refractivity contribution is 4.99. The van der Waals surface area contributed by atoms with Crippen molar-refractivity contribution in [3.8, 4) is 0 Å². The third-order valence-corrected chi connectivity index (χ3v) is 1.48. The predicted octanol–water partition coefficient (Wildman–Crippen LogP) is -1.23. The first kappa shape index (κ1) is 8.51. The molecule has 3 N–H and O–H groups in total. The number of H-pyrrole nitrogens is 1. The lowest BCUT2D eigenvalue weighted by molar-refractivity contribution is 0.682. The molecule has 1 aromatic rings. The summed E-state index contributed by atoms with van der Waals surface area (Å²) in [5.41, 5.74) is -0.991. The molecule has 1 rings (SSSR count). The predicted molar refractivity (Wildman–Crippen MR) is 43.4 cm³/mol. The van der Waals surface area contributed by atoms with Gasteiger partial charge in [-0.3, -0.25) is 4.79 Å². The molecular weight excluding hydrogens is 160 g/mol. The van der Waals surface area contributed by atoms with Crippen LogP contribution in [0, 0.1) is 0 Å². The topological polar surface area (TPSA) is 93.8 Å². The number of nitrogens with two attached hydrogens (primary N) is 1. The molecule has 0 unspecified atom stereocenters. The molecule has 0 saturated carbocycles. The maximum absolute atomic E-state index is 11.2. The smallest absolute Gasteiger partial charge is 0.332 e. The van der Waals surface area contributed by atoms with E-state index in [4.69, 9.17) is 5.84 Å². The van der Waals surface area contributed by atoms with Crippen molar-refractivity contribution in [3.63, 3.8) is 0 Å². The summed E-state index contributed by atoms with van der Waals surface area (Å²) < 4.78 is 0.516. The van der Waals surface area contributed by atoms with Gasteiger partial charge in [-0.2, -0.15) is 9.77 Å². The maximum atomic E-state index is 11.2. The van der Waals surface area contributed by atoms with Gasteiger partial charge in [0.1, 0.15) is 5.69 Å². The summed E-state index contributed by atoms with van der Waals surface area (Å²) in [6, 6.07) is 0. The van der Waals surface area contributed by atoms with Crippen molar-refractivity contribution in [1.29, 1.82) is 0 Å². The fraction of sp³-hybridized carbons (Fsp3) is 0.500. The number of hydrogen-bond donors (Lipinski definition) is 2. The second-order valence-corrected chi connectivity index (χ2v) is 2.74. The average Bonchev–Trinajstić information content (AvgIpc) is 2.00. The third kappa shape index (κ3) is 1.23. The molecule has 0 aromatic carbocycles. The molecule has 12 heavy (non-hydrogen) atoms. The van der Waals surface area contributed by atoms with Gasteiger partial charge in [0, 0.05) is 5.92 Å². The Morgan fingerprint density at radius 2 is 2.08 bits per heavy atom. The van der Waals surface area contributed by atoms with Gasteiger partial charge < -0.3 is 5.84 Å². The molecule has 0 radical (unpaired) electrons. The zero-order chi connectivity index (χ0) is 9.30. The van der Waals surface area contributed by atoms with E-state index < -0.39 is 11.2 Å². The SMILES string of the molecule is CC(C)c1n[nH]c(=O)n(N)c1=O. The van der Waals surface area contributed by atoms with Gasteiger partial charge in [-0.15, -0.1) is 0 Å². The van der Waals surface area contributed by atoms with Gasteiger partial charge in [0.2, 0.25) is 0 Å². The van der Waals surface area contributed by atoms with Crippen LogP contribution in [-0.4, -0.2) is 14.9 Å². The third-order valence-electron chi connectivity index (χ3n) is 1.48. The minimum atomic E-state index is -0.704. The summed E-state index contributed by atoms with van der Waals surface area (Å²) in [4.78, 5) is 21.9. The lowest BCUT2D eigenvalue weighted by Crippen LogP contribution is -2.43. The Morgan fingerprint density at radius 1 is 1.50 bits per heavy atom. The Hall–Kier alpha value is -1.59. The molecule has 0 amide bonds. The summed E-state index contributed by atoms with van der Waals surface area (Å²) in [5, 5.41) is 5.71. The van der Waals surface area contributed by atoms with E-state index in [1.807, 2.05) is 0 Å². The van der Waals surface area contributed by atoms with Gasteiger partial charge in [0.25, 0.3) is 5.56 Å². The van der Waals surface area contributed by atoms with E-state index in [-0.39, 0.29) is 11.6 Å². The quantitative estimate of drug-likeness (QED) is 0.516. The van der Waals surface area contributed by atoms with Crippen molar-refractivity contribution in [2.24, 2.45) is 0 Å². The lowest BCUT2D eigenvalue weighted by Gasteiger charge is -2.02. The Kier molecular flexibility index (Phi) is 1.99. The second-order valence-electron chi connectivity index (χ2n) is 2.74. The van der Waals surface area contributed by atoms with Crippen LogP contribution in [0.15, 0.2) is 9.59 Å². The Balaban J connectivity index is 3.48. The van der Waals surface area contributed by atoms with Gasteiger partial charge in [0.15, 0.2) is 0 Å². The van der Waals surface area contributed by atoms with E-state index in [1.54, 1.807) is 13.8 Å². The van der Waals surface area contributed by atoms with Crippen LogP contribution in [0.4, 0.5) is 0 Å². The van der Waals surface area contributed by atoms with Gasteiger partial charge in [0.05, 0.1) is 0 Å². The summed E-state index contributed by atoms with van der Waals surface area (Å²) in [5.74, 6) is 5.09. The van der Waals surface area contributed by atoms with Crippen molar-refractivity contribution in [2.45, 2.75) is 19.8 Å². The zero-order valence-corrected chi connectivity index (χ0v) is 6.87. The van der Waals surface area contributed by atoms with Crippen LogP contribution in [0.5, 0.6) is 0 Å². The zero-order valence-electron chi connectivity index (χ0n) is 6.87. The minimum absolute atomic E-state index is 0.0517. The van der Waals surface area contributed by atoms with E-state index in [1.165, 1.54) is 0 Å². The maximum Gasteiger partial charge on any atom is 0.363 e. The summed E-state index contributed by atoms with van der Waals surface area (Å²) in [6.07, 6.45) is 0. The molecule has 0 saturated heterocycles. The van der Waals surface area contributed by atoms with E-state index in [9.17, 15) is 9.59 Å². The number of nitrogens with zero attached hydrogens (tertiary/aromatic N) is 2. The fourth-order valence-corrected chi connectivity index (χ4v) is 0.801. The molecule has 6 heteroatoms. The first-order chi connectivity index (χ1) is 5.54. The number of nitrogen functional groups attached to an aromatic ring is 1. The highest BCUT2D eigenvalue weighted by atomic mass is 16.2. The number of hydrogen-bond acceptors (Lipinski definition) is 4. The number of aromatic amines is 1. The van der Waals surface area contributed by atoms with Gasteiger partial charge in [-0.05, 0) is 0 Å². The van der Waals surface area contributed by atoms with Crippen molar-refractivity contribution < 1.29 is 0 Å². The highest BCUT2D eigenvalue weighted by Gasteiger charge is 2.09. The molecule has 0 aliphatic rings. The fourth-order valence-electron chi connectivity index (χ4n) is 0.801. The van der Waals surface area contributed by atoms with Gasteiger partial charge >= 0.3 is 5.69 Å². The van der Waals surface area contributed by atoms with Crippen LogP contribution in [0.25, 0.3) is 0 Å². The van der Waals surface area contributed by atoms with Crippen molar-refractivity contribution in [2.75, 3.05) is 5.84 Å². The lowest BCUT2D eigenvalue weighted by atomic mass is 10.1. The molecule has 0 bridgehead atoms. The van der Waals surface area contributed by atoms with E-state index in [0.29, 0.717) is 4.68 Å². The monoisotopic (exact) mass is 170 g/mol. The Bertz CT molecular complexity index is 389. The Morgan fingerprint density at radius 3 is 2.58 bits per heavy atom. The molecule has 0 fully saturated rings. The summed E-state index contributed by atoms with van der Waals surface area (Å²) >= 11 is 0. The van der Waals surface area contributed by atoms with E-state index in [0.717, 1.165) is 0 Å². The largest absolute Gasteiger partial charge is 0.363 e. The molecule has 1 heterocycles. The summed E-state index contributed by atoms with van der Waals surface area (Å²) in [7, 11) is 0. The minimum Gasteiger partial charge on any atom is -0.332 e. The average molecular weight is 170 g/mol. The van der Waals surface area contributed by atoms with Crippen LogP contribution < -0.4 is 17.1 Å². The van der Waals surface area contributed by atoms with E-state index >= 15 is 0 Å². The molecule has 6 nitrogen and oxygen atoms in total. The van der Waals surface area contributed by atoms with Crippen molar-refractivity contribution in [1.82, 2.24) is 14.9 Å². The first-order valence-corrected chi connectivity index (χ1v) is 3.50. The second kappa shape index (κ2) is 2.80.